The van der Waals surface area contributed by atoms with Gasteiger partial charge >= 0.3 is 12.5 Å². The van der Waals surface area contributed by atoms with Gasteiger partial charge in [-0.2, -0.15) is 18.2 Å². The summed E-state index contributed by atoms with van der Waals surface area (Å²) in [4.78, 5) is 7.61. The summed E-state index contributed by atoms with van der Waals surface area (Å²) in [6, 6.07) is 3.90. The molecule has 2 N–H and O–H groups in total. The molecule has 1 aromatic heterocycles. The highest BCUT2D eigenvalue weighted by Crippen LogP contribution is 2.34. The van der Waals surface area contributed by atoms with Gasteiger partial charge in [0.1, 0.15) is 11.6 Å². The number of anilines is 3. The number of nitrogens with one attached hydrogen (secondary N) is 2. The molecule has 0 atom stereocenters. The van der Waals surface area contributed by atoms with Crippen LogP contribution in [0.15, 0.2) is 24.3 Å². The van der Waals surface area contributed by atoms with E-state index in [2.05, 4.69) is 25.3 Å². The molecule has 1 saturated carbocycles. The maximum atomic E-state index is 13.2. The molecule has 164 valence electrons. The Labute approximate surface area is 172 Å². The average Bonchev–Trinajstić information content (AvgIpc) is 2.63. The number of hydrogen-bond acceptors (Lipinski definition) is 5. The largest absolute Gasteiger partial charge is 0.573 e. The second-order valence-electron chi connectivity index (χ2n) is 6.76. The van der Waals surface area contributed by atoms with Crippen molar-refractivity contribution in [2.45, 2.75) is 50.7 Å². The normalized spacial score (nSPS) is 15.7. The number of rotatable bonds is 5. The highest BCUT2D eigenvalue weighted by Gasteiger charge is 2.34. The average molecular weight is 455 g/mol. The van der Waals surface area contributed by atoms with Gasteiger partial charge in [-0.3, -0.25) is 0 Å². The van der Waals surface area contributed by atoms with Crippen molar-refractivity contribution < 1.29 is 31.1 Å². The van der Waals surface area contributed by atoms with Gasteiger partial charge in [-0.15, -0.1) is 13.2 Å². The van der Waals surface area contributed by atoms with Crippen LogP contribution < -0.4 is 15.4 Å². The fourth-order valence-electron chi connectivity index (χ4n) is 3.08. The van der Waals surface area contributed by atoms with Crippen molar-refractivity contribution in [2.24, 2.45) is 0 Å². The van der Waals surface area contributed by atoms with E-state index in [-0.39, 0.29) is 28.5 Å². The Balaban J connectivity index is 1.83. The summed E-state index contributed by atoms with van der Waals surface area (Å²) < 4.78 is 80.5. The number of benzene rings is 1. The molecular weight excluding hydrogens is 438 g/mol. The molecule has 0 bridgehead atoms. The summed E-state index contributed by atoms with van der Waals surface area (Å²) in [5.41, 5.74) is -1.02. The van der Waals surface area contributed by atoms with Crippen molar-refractivity contribution in [3.63, 3.8) is 0 Å². The van der Waals surface area contributed by atoms with Crippen molar-refractivity contribution in [1.29, 1.82) is 0 Å². The quantitative estimate of drug-likeness (QED) is 0.503. The van der Waals surface area contributed by atoms with Crippen LogP contribution in [0.3, 0.4) is 0 Å². The number of aromatic nitrogens is 2. The molecule has 1 aromatic carbocycles. The van der Waals surface area contributed by atoms with Crippen LogP contribution in [0.1, 0.15) is 37.8 Å². The van der Waals surface area contributed by atoms with Crippen LogP contribution in [0, 0.1) is 0 Å². The Kier molecular flexibility index (Phi) is 6.49. The van der Waals surface area contributed by atoms with Crippen molar-refractivity contribution >= 4 is 29.1 Å². The lowest BCUT2D eigenvalue weighted by atomic mass is 9.96. The minimum atomic E-state index is -4.92. The summed E-state index contributed by atoms with van der Waals surface area (Å²) in [6.07, 6.45) is -5.02. The Morgan fingerprint density at radius 2 is 1.67 bits per heavy atom. The fraction of sp³-hybridized carbons (Fsp3) is 0.444. The Morgan fingerprint density at radius 1 is 0.967 bits per heavy atom. The molecule has 0 saturated heterocycles. The lowest BCUT2D eigenvalue weighted by molar-refractivity contribution is -0.274. The van der Waals surface area contributed by atoms with E-state index in [1.54, 1.807) is 0 Å². The van der Waals surface area contributed by atoms with Gasteiger partial charge in [-0.1, -0.05) is 30.9 Å². The topological polar surface area (TPSA) is 59.1 Å². The van der Waals surface area contributed by atoms with Crippen LogP contribution in [0.4, 0.5) is 43.8 Å². The van der Waals surface area contributed by atoms with Crippen LogP contribution >= 0.6 is 11.6 Å². The van der Waals surface area contributed by atoms with Gasteiger partial charge in [0.05, 0.1) is 5.02 Å². The van der Waals surface area contributed by atoms with Crippen molar-refractivity contribution in [2.75, 3.05) is 10.6 Å². The van der Waals surface area contributed by atoms with Crippen molar-refractivity contribution in [3.05, 3.63) is 35.0 Å². The standard InChI is InChI=1S/C18H17ClF6N4O/c19-12-8-11(6-7-13(12)30-18(23,24)25)26-15-9-14(17(20,21)22)28-16(29-15)27-10-4-2-1-3-5-10/h6-10H,1-5H2,(H2,26,27,28,29). The van der Waals surface area contributed by atoms with E-state index in [0.29, 0.717) is 6.07 Å². The summed E-state index contributed by atoms with van der Waals surface area (Å²) in [5, 5.41) is 5.17. The Hall–Kier alpha value is -2.43. The first-order valence-electron chi connectivity index (χ1n) is 9.05. The van der Waals surface area contributed by atoms with E-state index in [0.717, 1.165) is 44.2 Å². The smallest absolute Gasteiger partial charge is 0.404 e. The summed E-state index contributed by atoms with van der Waals surface area (Å²) in [6.45, 7) is 0. The van der Waals surface area contributed by atoms with Crippen LogP contribution in [0.2, 0.25) is 5.02 Å². The monoisotopic (exact) mass is 454 g/mol. The highest BCUT2D eigenvalue weighted by molar-refractivity contribution is 6.32. The van der Waals surface area contributed by atoms with Gasteiger partial charge in [-0.05, 0) is 31.0 Å². The summed E-state index contributed by atoms with van der Waals surface area (Å²) in [5.74, 6) is -0.994. The molecule has 0 amide bonds. The van der Waals surface area contributed by atoms with Crippen molar-refractivity contribution in [1.82, 2.24) is 9.97 Å². The Bertz CT molecular complexity index is 884. The highest BCUT2D eigenvalue weighted by atomic mass is 35.5. The third kappa shape index (κ3) is 6.28. The van der Waals surface area contributed by atoms with Gasteiger partial charge in [-0.25, -0.2) is 4.98 Å². The number of halogens is 7. The first-order chi connectivity index (χ1) is 14.0. The second-order valence-corrected chi connectivity index (χ2v) is 7.16. The molecule has 0 aliphatic heterocycles. The van der Waals surface area contributed by atoms with E-state index >= 15 is 0 Å². The molecule has 1 aliphatic carbocycles. The molecule has 5 nitrogen and oxygen atoms in total. The number of ether oxygens (including phenoxy) is 1. The predicted molar refractivity (Wildman–Crippen MR) is 98.9 cm³/mol. The number of nitrogens with zero attached hydrogens (tertiary/aromatic N) is 2. The molecule has 2 aromatic rings. The number of hydrogen-bond donors (Lipinski definition) is 2. The van der Waals surface area contributed by atoms with Gasteiger partial charge in [0.25, 0.3) is 0 Å². The van der Waals surface area contributed by atoms with Crippen LogP contribution in [-0.2, 0) is 6.18 Å². The lowest BCUT2D eigenvalue weighted by Gasteiger charge is -2.23. The van der Waals surface area contributed by atoms with E-state index in [1.807, 2.05) is 0 Å². The third-order valence-electron chi connectivity index (χ3n) is 4.38. The molecule has 1 fully saturated rings. The zero-order chi connectivity index (χ0) is 21.9. The number of alkyl halides is 6. The van der Waals surface area contributed by atoms with E-state index in [9.17, 15) is 26.3 Å². The van der Waals surface area contributed by atoms with E-state index < -0.39 is 24.0 Å². The van der Waals surface area contributed by atoms with Crippen molar-refractivity contribution in [3.8, 4) is 5.75 Å². The van der Waals surface area contributed by atoms with Gasteiger partial charge < -0.3 is 15.4 Å². The van der Waals surface area contributed by atoms with E-state index in [4.69, 9.17) is 11.6 Å². The fourth-order valence-corrected chi connectivity index (χ4v) is 3.30. The van der Waals surface area contributed by atoms with Crippen LogP contribution in [-0.4, -0.2) is 22.4 Å². The molecule has 1 heterocycles. The molecule has 30 heavy (non-hydrogen) atoms. The molecule has 0 spiro atoms. The third-order valence-corrected chi connectivity index (χ3v) is 4.68. The molecule has 1 aliphatic rings. The van der Waals surface area contributed by atoms with Gasteiger partial charge in [0.15, 0.2) is 5.69 Å². The maximum Gasteiger partial charge on any atom is 0.573 e. The zero-order valence-corrected chi connectivity index (χ0v) is 16.1. The first-order valence-corrected chi connectivity index (χ1v) is 9.42. The molecule has 3 rings (SSSR count). The first kappa shape index (κ1) is 22.3. The molecule has 0 unspecified atom stereocenters. The predicted octanol–water partition coefficient (Wildman–Crippen LogP) is 6.54. The SMILES string of the molecule is FC(F)(F)Oc1ccc(Nc2cc(C(F)(F)F)nc(NC3CCCCC3)n2)cc1Cl. The van der Waals surface area contributed by atoms with Crippen LogP contribution in [0.25, 0.3) is 0 Å². The second kappa shape index (κ2) is 8.75. The molecule has 0 radical (unpaired) electrons. The summed E-state index contributed by atoms with van der Waals surface area (Å²) in [7, 11) is 0. The molecular formula is C18H17ClF6N4O. The van der Waals surface area contributed by atoms with E-state index in [1.165, 1.54) is 6.07 Å². The minimum Gasteiger partial charge on any atom is -0.404 e. The van der Waals surface area contributed by atoms with Gasteiger partial charge in [0.2, 0.25) is 5.95 Å². The molecule has 12 heteroatoms. The zero-order valence-electron chi connectivity index (χ0n) is 15.4. The van der Waals surface area contributed by atoms with Crippen LogP contribution in [0.5, 0.6) is 5.75 Å². The van der Waals surface area contributed by atoms with Gasteiger partial charge in [0, 0.05) is 17.8 Å². The maximum absolute atomic E-state index is 13.2. The summed E-state index contributed by atoms with van der Waals surface area (Å²) >= 11 is 5.78. The lowest BCUT2D eigenvalue weighted by Crippen LogP contribution is -2.24. The minimum absolute atomic E-state index is 0.0247. The Morgan fingerprint density at radius 3 is 2.27 bits per heavy atom.